The minimum atomic E-state index is -3.64. The molecule has 1 aromatic rings. The molecule has 0 aliphatic carbocycles. The number of carbonyl (C=O) groups excluding carboxylic acids is 1. The normalized spacial score (nSPS) is 11.5. The van der Waals surface area contributed by atoms with Gasteiger partial charge in [-0.25, -0.2) is 18.4 Å². The molecule has 7 heteroatoms. The Balaban J connectivity index is 2.65. The lowest BCUT2D eigenvalue weighted by atomic mass is 10.2. The van der Waals surface area contributed by atoms with Gasteiger partial charge >= 0.3 is 6.03 Å². The van der Waals surface area contributed by atoms with E-state index >= 15 is 0 Å². The molecule has 110 valence electrons. The van der Waals surface area contributed by atoms with Crippen LogP contribution < -0.4 is 15.8 Å². The number of benzene rings is 1. The van der Waals surface area contributed by atoms with E-state index in [1.54, 1.807) is 24.3 Å². The van der Waals surface area contributed by atoms with Crippen LogP contribution in [0.15, 0.2) is 36.4 Å². The van der Waals surface area contributed by atoms with Gasteiger partial charge in [0.05, 0.1) is 5.75 Å². The summed E-state index contributed by atoms with van der Waals surface area (Å²) in [6.45, 7) is 2.41. The van der Waals surface area contributed by atoms with Gasteiger partial charge in [-0.05, 0) is 25.0 Å². The molecule has 0 saturated carbocycles. The van der Waals surface area contributed by atoms with Crippen LogP contribution in [0.25, 0.3) is 0 Å². The molecule has 1 aromatic carbocycles. The predicted molar refractivity (Wildman–Crippen MR) is 79.7 cm³/mol. The van der Waals surface area contributed by atoms with Crippen molar-refractivity contribution in [1.82, 2.24) is 5.32 Å². The first kappa shape index (κ1) is 16.2. The number of nitrogens with one attached hydrogen (secondary N) is 2. The minimum absolute atomic E-state index is 0.317. The van der Waals surface area contributed by atoms with E-state index in [0.717, 1.165) is 6.42 Å². The molecule has 0 bridgehead atoms. The molecule has 0 aliphatic heterocycles. The average Bonchev–Trinajstić information content (AvgIpc) is 2.35. The van der Waals surface area contributed by atoms with Gasteiger partial charge in [0.2, 0.25) is 10.0 Å². The van der Waals surface area contributed by atoms with Crippen LogP contribution >= 0.6 is 0 Å². The molecule has 6 nitrogen and oxygen atoms in total. The van der Waals surface area contributed by atoms with Crippen LogP contribution in [-0.4, -0.2) is 21.0 Å². The lowest BCUT2D eigenvalue weighted by Crippen LogP contribution is -2.30. The first-order valence-electron chi connectivity index (χ1n) is 6.17. The van der Waals surface area contributed by atoms with Crippen molar-refractivity contribution < 1.29 is 13.2 Å². The Kier molecular flexibility index (Phi) is 6.20. The molecular weight excluding hydrogens is 278 g/mol. The molecule has 0 heterocycles. The first-order valence-corrected chi connectivity index (χ1v) is 7.88. The summed E-state index contributed by atoms with van der Waals surface area (Å²) < 4.78 is 22.2. The zero-order valence-corrected chi connectivity index (χ0v) is 12.1. The smallest absolute Gasteiger partial charge is 0.319 e. The molecule has 0 unspecified atom stereocenters. The number of hydrogen-bond acceptors (Lipinski definition) is 3. The number of carbonyl (C=O) groups is 1. The number of sulfonamides is 1. The van der Waals surface area contributed by atoms with Crippen molar-refractivity contribution in [1.29, 1.82) is 0 Å². The second kappa shape index (κ2) is 7.66. The Hall–Kier alpha value is -1.86. The van der Waals surface area contributed by atoms with Gasteiger partial charge in [-0.3, -0.25) is 0 Å². The fourth-order valence-electron chi connectivity index (χ4n) is 1.59. The van der Waals surface area contributed by atoms with Gasteiger partial charge in [0, 0.05) is 12.2 Å². The Morgan fingerprint density at radius 2 is 2.05 bits per heavy atom. The third kappa shape index (κ3) is 6.35. The monoisotopic (exact) mass is 297 g/mol. The SMILES string of the molecule is C/C=C/CCNC(=O)Nc1ccccc1CS(N)(=O)=O. The molecule has 0 spiro atoms. The number of amides is 2. The molecule has 0 aliphatic rings. The molecule has 0 fully saturated rings. The number of rotatable bonds is 6. The summed E-state index contributed by atoms with van der Waals surface area (Å²) in [6, 6.07) is 6.26. The summed E-state index contributed by atoms with van der Waals surface area (Å²) in [7, 11) is -3.64. The molecule has 4 N–H and O–H groups in total. The summed E-state index contributed by atoms with van der Waals surface area (Å²) in [5.41, 5.74) is 0.892. The molecule has 0 aromatic heterocycles. The van der Waals surface area contributed by atoms with E-state index < -0.39 is 10.0 Å². The number of urea groups is 1. The van der Waals surface area contributed by atoms with Gasteiger partial charge in [-0.1, -0.05) is 30.4 Å². The molecule has 0 radical (unpaired) electrons. The molecule has 20 heavy (non-hydrogen) atoms. The molecule has 1 rings (SSSR count). The Bertz CT molecular complexity index is 582. The van der Waals surface area contributed by atoms with Crippen LogP contribution in [0.4, 0.5) is 10.5 Å². The van der Waals surface area contributed by atoms with Crippen molar-refractivity contribution in [2.24, 2.45) is 5.14 Å². The second-order valence-corrected chi connectivity index (χ2v) is 5.82. The fourth-order valence-corrected chi connectivity index (χ4v) is 2.27. The van der Waals surface area contributed by atoms with E-state index in [4.69, 9.17) is 5.14 Å². The highest BCUT2D eigenvalue weighted by Crippen LogP contribution is 2.16. The summed E-state index contributed by atoms with van der Waals surface area (Å²) in [5, 5.41) is 10.3. The maximum atomic E-state index is 11.7. The van der Waals surface area contributed by atoms with E-state index in [9.17, 15) is 13.2 Å². The van der Waals surface area contributed by atoms with Crippen LogP contribution in [0.3, 0.4) is 0 Å². The van der Waals surface area contributed by atoms with Gasteiger partial charge in [-0.15, -0.1) is 0 Å². The van der Waals surface area contributed by atoms with E-state index in [1.807, 2.05) is 19.1 Å². The minimum Gasteiger partial charge on any atom is -0.338 e. The van der Waals surface area contributed by atoms with E-state index in [-0.39, 0.29) is 11.8 Å². The average molecular weight is 297 g/mol. The van der Waals surface area contributed by atoms with Crippen molar-refractivity contribution >= 4 is 21.7 Å². The lowest BCUT2D eigenvalue weighted by molar-refractivity contribution is 0.252. The van der Waals surface area contributed by atoms with Gasteiger partial charge in [0.1, 0.15) is 0 Å². The van der Waals surface area contributed by atoms with E-state index in [0.29, 0.717) is 17.8 Å². The van der Waals surface area contributed by atoms with Gasteiger partial charge in [0.25, 0.3) is 0 Å². The lowest BCUT2D eigenvalue weighted by Gasteiger charge is -2.11. The molecule has 0 atom stereocenters. The number of primary sulfonamides is 1. The van der Waals surface area contributed by atoms with Crippen molar-refractivity contribution in [3.05, 3.63) is 42.0 Å². The number of hydrogen-bond donors (Lipinski definition) is 3. The Morgan fingerprint density at radius 3 is 2.70 bits per heavy atom. The van der Waals surface area contributed by atoms with Crippen molar-refractivity contribution in [2.75, 3.05) is 11.9 Å². The quantitative estimate of drug-likeness (QED) is 0.548. The standard InChI is InChI=1S/C13H19N3O3S/c1-2-3-6-9-15-13(17)16-12-8-5-4-7-11(12)10-20(14,18)19/h2-5,7-8H,6,9-10H2,1H3,(H2,14,18,19)(H2,15,16,17)/b3-2+. The van der Waals surface area contributed by atoms with Crippen molar-refractivity contribution in [3.8, 4) is 0 Å². The highest BCUT2D eigenvalue weighted by molar-refractivity contribution is 7.88. The highest BCUT2D eigenvalue weighted by Gasteiger charge is 2.11. The number of allylic oxidation sites excluding steroid dienone is 1. The summed E-state index contributed by atoms with van der Waals surface area (Å²) in [4.78, 5) is 11.7. The van der Waals surface area contributed by atoms with Crippen LogP contribution in [-0.2, 0) is 15.8 Å². The third-order valence-electron chi connectivity index (χ3n) is 2.45. The van der Waals surface area contributed by atoms with E-state index in [2.05, 4.69) is 10.6 Å². The summed E-state index contributed by atoms with van der Waals surface area (Å²) in [6.07, 6.45) is 4.58. The zero-order valence-electron chi connectivity index (χ0n) is 11.3. The molecule has 2 amide bonds. The largest absolute Gasteiger partial charge is 0.338 e. The fraction of sp³-hybridized carbons (Fsp3) is 0.308. The summed E-state index contributed by atoms with van der Waals surface area (Å²) >= 11 is 0. The predicted octanol–water partition coefficient (Wildman–Crippen LogP) is 1.56. The maximum Gasteiger partial charge on any atom is 0.319 e. The van der Waals surface area contributed by atoms with Gasteiger partial charge < -0.3 is 10.6 Å². The number of nitrogens with two attached hydrogens (primary N) is 1. The summed E-state index contributed by atoms with van der Waals surface area (Å²) in [5.74, 6) is -0.317. The van der Waals surface area contributed by atoms with Crippen LogP contribution in [0, 0.1) is 0 Å². The first-order chi connectivity index (χ1) is 9.42. The Labute approximate surface area is 119 Å². The van der Waals surface area contributed by atoms with Crippen LogP contribution in [0.1, 0.15) is 18.9 Å². The van der Waals surface area contributed by atoms with Gasteiger partial charge in [0.15, 0.2) is 0 Å². The van der Waals surface area contributed by atoms with E-state index in [1.165, 1.54) is 0 Å². The second-order valence-electron chi connectivity index (χ2n) is 4.20. The van der Waals surface area contributed by atoms with Crippen LogP contribution in [0.2, 0.25) is 0 Å². The maximum absolute atomic E-state index is 11.7. The highest BCUT2D eigenvalue weighted by atomic mass is 32.2. The van der Waals surface area contributed by atoms with Crippen molar-refractivity contribution in [2.45, 2.75) is 19.1 Å². The molecule has 0 saturated heterocycles. The van der Waals surface area contributed by atoms with Crippen LogP contribution in [0.5, 0.6) is 0 Å². The molecular formula is C13H19N3O3S. The third-order valence-corrected chi connectivity index (χ3v) is 3.17. The zero-order chi connectivity index (χ0) is 15.0. The van der Waals surface area contributed by atoms with Gasteiger partial charge in [-0.2, -0.15) is 0 Å². The number of para-hydroxylation sites is 1. The van der Waals surface area contributed by atoms with Crippen molar-refractivity contribution in [3.63, 3.8) is 0 Å². The Morgan fingerprint density at radius 1 is 1.35 bits per heavy atom. The number of anilines is 1. The topological polar surface area (TPSA) is 101 Å².